The predicted molar refractivity (Wildman–Crippen MR) is 63.0 cm³/mol. The van der Waals surface area contributed by atoms with Crippen LogP contribution in [0, 0.1) is 0 Å². The first kappa shape index (κ1) is 12.5. The number of amides is 3. The van der Waals surface area contributed by atoms with Crippen LogP contribution in [0.4, 0.5) is 0 Å². The Hall–Kier alpha value is -1.96. The summed E-state index contributed by atoms with van der Waals surface area (Å²) in [6.07, 6.45) is 0.527. The summed E-state index contributed by atoms with van der Waals surface area (Å²) >= 11 is 0.978. The van der Waals surface area contributed by atoms with Crippen LogP contribution in [0.2, 0.25) is 0 Å². The van der Waals surface area contributed by atoms with E-state index in [0.29, 0.717) is 12.1 Å². The number of H-pyrrole nitrogens is 1. The highest BCUT2D eigenvalue weighted by molar-refractivity contribution is 7.07. The van der Waals surface area contributed by atoms with Crippen LogP contribution in [0.1, 0.15) is 18.5 Å². The lowest BCUT2D eigenvalue weighted by Crippen LogP contribution is -2.52. The predicted octanol–water partition coefficient (Wildman–Crippen LogP) is -1.10. The first-order chi connectivity index (χ1) is 8.54. The fourth-order valence-corrected chi connectivity index (χ4v) is 2.23. The lowest BCUT2D eigenvalue weighted by atomic mass is 10.1. The van der Waals surface area contributed by atoms with Gasteiger partial charge in [0, 0.05) is 17.5 Å². The van der Waals surface area contributed by atoms with Gasteiger partial charge in [0.15, 0.2) is 0 Å². The zero-order valence-electron chi connectivity index (χ0n) is 9.32. The molecule has 1 saturated heterocycles. The van der Waals surface area contributed by atoms with Crippen LogP contribution >= 0.6 is 11.3 Å². The summed E-state index contributed by atoms with van der Waals surface area (Å²) < 4.78 is 0. The summed E-state index contributed by atoms with van der Waals surface area (Å²) in [5.41, 5.74) is 0.509. The minimum Gasteiger partial charge on any atom is -0.344 e. The van der Waals surface area contributed by atoms with Crippen LogP contribution < -0.4 is 15.5 Å². The van der Waals surface area contributed by atoms with Crippen LogP contribution in [0.5, 0.6) is 0 Å². The third kappa shape index (κ3) is 3.04. The minimum absolute atomic E-state index is 0.0104. The van der Waals surface area contributed by atoms with E-state index in [1.54, 1.807) is 5.38 Å². The summed E-state index contributed by atoms with van der Waals surface area (Å²) in [5.74, 6) is -1.18. The molecule has 1 aliphatic rings. The van der Waals surface area contributed by atoms with Crippen LogP contribution in [-0.4, -0.2) is 28.7 Å². The third-order valence-corrected chi connectivity index (χ3v) is 3.21. The highest BCUT2D eigenvalue weighted by Gasteiger charge is 2.27. The van der Waals surface area contributed by atoms with E-state index in [0.717, 1.165) is 11.3 Å². The maximum atomic E-state index is 11.6. The topological polar surface area (TPSA) is 108 Å². The Balaban J connectivity index is 1.89. The van der Waals surface area contributed by atoms with Gasteiger partial charge >= 0.3 is 4.87 Å². The molecule has 96 valence electrons. The summed E-state index contributed by atoms with van der Waals surface area (Å²) in [7, 11) is 0. The third-order valence-electron chi connectivity index (χ3n) is 2.50. The van der Waals surface area contributed by atoms with Gasteiger partial charge in [0.2, 0.25) is 17.7 Å². The van der Waals surface area contributed by atoms with E-state index in [2.05, 4.69) is 15.6 Å². The number of carbonyl (C=O) groups is 3. The number of nitrogens with one attached hydrogen (secondary N) is 3. The zero-order chi connectivity index (χ0) is 13.1. The lowest BCUT2D eigenvalue weighted by molar-refractivity contribution is -0.137. The van der Waals surface area contributed by atoms with Gasteiger partial charge in [0.1, 0.15) is 6.04 Å². The summed E-state index contributed by atoms with van der Waals surface area (Å²) in [4.78, 5) is 47.1. The lowest BCUT2D eigenvalue weighted by Gasteiger charge is -2.21. The van der Waals surface area contributed by atoms with Crippen molar-refractivity contribution in [1.82, 2.24) is 15.6 Å². The number of aromatic amines is 1. The van der Waals surface area contributed by atoms with Crippen LogP contribution in [0.15, 0.2) is 10.2 Å². The number of aromatic nitrogens is 1. The molecule has 8 heteroatoms. The van der Waals surface area contributed by atoms with Gasteiger partial charge in [0.25, 0.3) is 0 Å². The Kier molecular flexibility index (Phi) is 3.56. The Morgan fingerprint density at radius 3 is 2.83 bits per heavy atom. The van der Waals surface area contributed by atoms with E-state index >= 15 is 0 Å². The quantitative estimate of drug-likeness (QED) is 0.605. The van der Waals surface area contributed by atoms with Crippen molar-refractivity contribution in [2.45, 2.75) is 25.3 Å². The zero-order valence-corrected chi connectivity index (χ0v) is 10.1. The first-order valence-corrected chi connectivity index (χ1v) is 6.22. The molecule has 18 heavy (non-hydrogen) atoms. The van der Waals surface area contributed by atoms with Crippen molar-refractivity contribution in [2.24, 2.45) is 0 Å². The van der Waals surface area contributed by atoms with Gasteiger partial charge in [-0.1, -0.05) is 11.3 Å². The SMILES string of the molecule is O=C1CCC(NC(=O)Cc2csc(=O)[nH]2)C(=O)N1. The molecule has 1 unspecified atom stereocenters. The molecule has 1 aromatic heterocycles. The summed E-state index contributed by atoms with van der Waals surface area (Å²) in [5, 5.41) is 6.24. The van der Waals surface area contributed by atoms with Crippen molar-refractivity contribution in [3.63, 3.8) is 0 Å². The fraction of sp³-hybridized carbons (Fsp3) is 0.400. The van der Waals surface area contributed by atoms with Crippen molar-refractivity contribution in [3.8, 4) is 0 Å². The van der Waals surface area contributed by atoms with E-state index in [-0.39, 0.29) is 29.5 Å². The second-order valence-electron chi connectivity index (χ2n) is 3.92. The maximum Gasteiger partial charge on any atom is 0.304 e. The Bertz CT molecular complexity index is 547. The van der Waals surface area contributed by atoms with Crippen molar-refractivity contribution in [1.29, 1.82) is 0 Å². The molecule has 0 saturated carbocycles. The molecular formula is C10H11N3O4S. The van der Waals surface area contributed by atoms with Crippen LogP contribution in [-0.2, 0) is 20.8 Å². The van der Waals surface area contributed by atoms with Crippen molar-refractivity contribution in [2.75, 3.05) is 0 Å². The Morgan fingerprint density at radius 2 is 2.22 bits per heavy atom. The first-order valence-electron chi connectivity index (χ1n) is 5.34. The van der Waals surface area contributed by atoms with Crippen molar-refractivity contribution < 1.29 is 14.4 Å². The molecule has 0 aromatic carbocycles. The van der Waals surface area contributed by atoms with Gasteiger partial charge in [-0.05, 0) is 6.42 Å². The molecule has 2 rings (SSSR count). The number of rotatable bonds is 3. The molecule has 0 spiro atoms. The molecule has 0 radical (unpaired) electrons. The molecule has 1 aliphatic heterocycles. The molecule has 3 amide bonds. The molecule has 0 aliphatic carbocycles. The summed E-state index contributed by atoms with van der Waals surface area (Å²) in [6.45, 7) is 0. The number of carbonyl (C=O) groups excluding carboxylic acids is 3. The number of hydrogen-bond acceptors (Lipinski definition) is 5. The maximum absolute atomic E-state index is 11.6. The van der Waals surface area contributed by atoms with Gasteiger partial charge in [-0.3, -0.25) is 24.5 Å². The number of piperidine rings is 1. The van der Waals surface area contributed by atoms with E-state index in [9.17, 15) is 19.2 Å². The normalized spacial score (nSPS) is 19.4. The molecule has 1 atom stereocenters. The highest BCUT2D eigenvalue weighted by atomic mass is 32.1. The second-order valence-corrected chi connectivity index (χ2v) is 4.76. The average molecular weight is 269 g/mol. The van der Waals surface area contributed by atoms with Gasteiger partial charge < -0.3 is 10.3 Å². The molecule has 7 nitrogen and oxygen atoms in total. The molecule has 1 aromatic rings. The van der Waals surface area contributed by atoms with E-state index in [4.69, 9.17) is 0 Å². The molecule has 2 heterocycles. The monoisotopic (exact) mass is 269 g/mol. The number of thiazole rings is 1. The number of imide groups is 1. The summed E-state index contributed by atoms with van der Waals surface area (Å²) in [6, 6.07) is -0.680. The average Bonchev–Trinajstić information content (AvgIpc) is 2.68. The van der Waals surface area contributed by atoms with Crippen molar-refractivity contribution >= 4 is 29.1 Å². The number of hydrogen-bond donors (Lipinski definition) is 3. The highest BCUT2D eigenvalue weighted by Crippen LogP contribution is 2.05. The molecule has 3 N–H and O–H groups in total. The van der Waals surface area contributed by atoms with E-state index in [1.165, 1.54) is 0 Å². The van der Waals surface area contributed by atoms with Crippen LogP contribution in [0.3, 0.4) is 0 Å². The standard InChI is InChI=1S/C10H11N3O4S/c14-7-2-1-6(9(16)13-7)12-8(15)3-5-4-18-10(17)11-5/h4,6H,1-3H2,(H,11,17)(H,12,15)(H,13,14,16). The Morgan fingerprint density at radius 1 is 1.44 bits per heavy atom. The largest absolute Gasteiger partial charge is 0.344 e. The second kappa shape index (κ2) is 5.13. The molecular weight excluding hydrogens is 258 g/mol. The van der Waals surface area contributed by atoms with Gasteiger partial charge in [-0.15, -0.1) is 0 Å². The van der Waals surface area contributed by atoms with Crippen LogP contribution in [0.25, 0.3) is 0 Å². The minimum atomic E-state index is -0.680. The van der Waals surface area contributed by atoms with Crippen molar-refractivity contribution in [3.05, 3.63) is 20.7 Å². The fourth-order valence-electron chi connectivity index (χ4n) is 1.65. The Labute approximate surface area is 106 Å². The van der Waals surface area contributed by atoms with E-state index in [1.807, 2.05) is 0 Å². The smallest absolute Gasteiger partial charge is 0.304 e. The molecule has 1 fully saturated rings. The van der Waals surface area contributed by atoms with Gasteiger partial charge in [-0.2, -0.15) is 0 Å². The van der Waals surface area contributed by atoms with Gasteiger partial charge in [-0.25, -0.2) is 0 Å². The molecule has 0 bridgehead atoms. The van der Waals surface area contributed by atoms with Gasteiger partial charge in [0.05, 0.1) is 6.42 Å². The van der Waals surface area contributed by atoms with E-state index < -0.39 is 11.9 Å².